The van der Waals surface area contributed by atoms with Gasteiger partial charge in [0, 0.05) is 7.05 Å². The molecule has 1 heterocycles. The Hall–Kier alpha value is -0.570. The molecule has 0 amide bonds. The van der Waals surface area contributed by atoms with Crippen LogP contribution in [0.3, 0.4) is 0 Å². The van der Waals surface area contributed by atoms with Gasteiger partial charge in [-0.3, -0.25) is 4.99 Å². The fraction of sp³-hybridized carbons (Fsp3) is 0.556. The van der Waals surface area contributed by atoms with Crippen LogP contribution in [-0.4, -0.2) is 17.6 Å². The van der Waals surface area contributed by atoms with Crippen molar-refractivity contribution in [2.75, 3.05) is 7.05 Å². The molecule has 0 bridgehead atoms. The number of nitrogens with zero attached hydrogens (tertiary/aromatic N) is 2. The van der Waals surface area contributed by atoms with Gasteiger partial charge in [0.2, 0.25) is 0 Å². The van der Waals surface area contributed by atoms with Crippen molar-refractivity contribution in [2.24, 2.45) is 9.98 Å². The zero-order valence-corrected chi connectivity index (χ0v) is 8.98. The average molecular weight is 184 g/mol. The minimum absolute atomic E-state index is 1.02. The molecule has 1 aliphatic heterocycles. The summed E-state index contributed by atoms with van der Waals surface area (Å²) in [6.45, 7) is 6.10. The van der Waals surface area contributed by atoms with Crippen molar-refractivity contribution in [1.29, 1.82) is 0 Å². The standard InChI is InChI=1S/C7H10N2S.C2H6/c1-3-4-6-7(8-2)10-5-9-6;1-2/h4-5H,3H2,1-2H3;1-2H3/b6-4+,8-7?;. The quantitative estimate of drug-likeness (QED) is 0.614. The summed E-state index contributed by atoms with van der Waals surface area (Å²) in [5, 5.41) is 1.03. The summed E-state index contributed by atoms with van der Waals surface area (Å²) >= 11 is 1.58. The minimum atomic E-state index is 1.02. The second kappa shape index (κ2) is 7.10. The SMILES string of the molecule is CC.CC/C=C1/N=CSC1=NC. The van der Waals surface area contributed by atoms with Gasteiger partial charge in [-0.15, -0.1) is 0 Å². The van der Waals surface area contributed by atoms with Gasteiger partial charge in [-0.05, 0) is 6.42 Å². The lowest BCUT2D eigenvalue weighted by Crippen LogP contribution is -1.87. The van der Waals surface area contributed by atoms with Gasteiger partial charge in [-0.25, -0.2) is 4.99 Å². The highest BCUT2D eigenvalue weighted by Gasteiger charge is 2.08. The third kappa shape index (κ3) is 3.22. The molecule has 0 aromatic rings. The summed E-state index contributed by atoms with van der Waals surface area (Å²) in [6.07, 6.45) is 3.10. The summed E-state index contributed by atoms with van der Waals surface area (Å²) in [5.74, 6) is 0. The van der Waals surface area contributed by atoms with Gasteiger partial charge in [-0.2, -0.15) is 0 Å². The van der Waals surface area contributed by atoms with E-state index >= 15 is 0 Å². The van der Waals surface area contributed by atoms with Crippen LogP contribution in [0.4, 0.5) is 0 Å². The topological polar surface area (TPSA) is 24.7 Å². The van der Waals surface area contributed by atoms with Gasteiger partial charge in [0.05, 0.1) is 11.2 Å². The molecule has 0 N–H and O–H groups in total. The van der Waals surface area contributed by atoms with Crippen LogP contribution < -0.4 is 0 Å². The molecule has 2 nitrogen and oxygen atoms in total. The van der Waals surface area contributed by atoms with Gasteiger partial charge in [0.15, 0.2) is 0 Å². The van der Waals surface area contributed by atoms with E-state index in [1.165, 1.54) is 0 Å². The van der Waals surface area contributed by atoms with E-state index in [4.69, 9.17) is 0 Å². The predicted molar refractivity (Wildman–Crippen MR) is 59.2 cm³/mol. The maximum absolute atomic E-state index is 4.15. The molecule has 0 saturated carbocycles. The molecule has 0 fully saturated rings. The van der Waals surface area contributed by atoms with Crippen molar-refractivity contribution in [3.05, 3.63) is 11.8 Å². The van der Waals surface area contributed by atoms with Crippen molar-refractivity contribution < 1.29 is 0 Å². The molecule has 1 rings (SSSR count). The molecule has 1 aliphatic rings. The Morgan fingerprint density at radius 1 is 1.58 bits per heavy atom. The first-order valence-electron chi connectivity index (χ1n) is 4.25. The number of hydrogen-bond acceptors (Lipinski definition) is 3. The molecular weight excluding hydrogens is 168 g/mol. The monoisotopic (exact) mass is 184 g/mol. The van der Waals surface area contributed by atoms with Crippen LogP contribution in [0.25, 0.3) is 0 Å². The molecule has 68 valence electrons. The maximum atomic E-state index is 4.15. The molecule has 0 unspecified atom stereocenters. The normalized spacial score (nSPS) is 21.3. The highest BCUT2D eigenvalue weighted by atomic mass is 32.2. The number of hydrogen-bond donors (Lipinski definition) is 0. The molecule has 0 saturated heterocycles. The third-order valence-electron chi connectivity index (χ3n) is 1.18. The molecule has 0 aliphatic carbocycles. The van der Waals surface area contributed by atoms with E-state index in [-0.39, 0.29) is 0 Å². The second-order valence-corrected chi connectivity index (χ2v) is 2.71. The number of thioether (sulfide) groups is 1. The van der Waals surface area contributed by atoms with E-state index in [1.807, 2.05) is 19.4 Å². The van der Waals surface area contributed by atoms with Gasteiger partial charge in [0.1, 0.15) is 5.04 Å². The summed E-state index contributed by atoms with van der Waals surface area (Å²) in [6, 6.07) is 0. The molecule has 0 spiro atoms. The Kier molecular flexibility index (Phi) is 6.76. The van der Waals surface area contributed by atoms with Crippen LogP contribution in [-0.2, 0) is 0 Å². The first-order valence-corrected chi connectivity index (χ1v) is 5.13. The number of aliphatic imine (C=N–C) groups is 2. The van der Waals surface area contributed by atoms with Crippen LogP contribution >= 0.6 is 11.8 Å². The molecule has 12 heavy (non-hydrogen) atoms. The van der Waals surface area contributed by atoms with Crippen molar-refractivity contribution in [2.45, 2.75) is 27.2 Å². The average Bonchev–Trinajstić information content (AvgIpc) is 2.56. The lowest BCUT2D eigenvalue weighted by molar-refractivity contribution is 1.20. The fourth-order valence-corrected chi connectivity index (χ4v) is 1.38. The summed E-state index contributed by atoms with van der Waals surface area (Å²) in [7, 11) is 1.79. The van der Waals surface area contributed by atoms with E-state index < -0.39 is 0 Å². The van der Waals surface area contributed by atoms with E-state index in [0.717, 1.165) is 17.2 Å². The lowest BCUT2D eigenvalue weighted by Gasteiger charge is -1.91. The van der Waals surface area contributed by atoms with Gasteiger partial charge < -0.3 is 0 Å². The first kappa shape index (κ1) is 11.4. The van der Waals surface area contributed by atoms with Crippen LogP contribution in [0.15, 0.2) is 21.8 Å². The molecule has 0 atom stereocenters. The molecule has 0 radical (unpaired) electrons. The highest BCUT2D eigenvalue weighted by Crippen LogP contribution is 2.19. The second-order valence-electron chi connectivity index (χ2n) is 1.88. The van der Waals surface area contributed by atoms with Crippen LogP contribution in [0.2, 0.25) is 0 Å². The van der Waals surface area contributed by atoms with Crippen molar-refractivity contribution in [3.63, 3.8) is 0 Å². The van der Waals surface area contributed by atoms with E-state index in [2.05, 4.69) is 23.0 Å². The highest BCUT2D eigenvalue weighted by molar-refractivity contribution is 8.25. The first-order chi connectivity index (χ1) is 5.88. The predicted octanol–water partition coefficient (Wildman–Crippen LogP) is 3.11. The molecule has 0 aromatic heterocycles. The van der Waals surface area contributed by atoms with Gasteiger partial charge >= 0.3 is 0 Å². The molecule has 3 heteroatoms. The van der Waals surface area contributed by atoms with Crippen LogP contribution in [0, 0.1) is 0 Å². The number of rotatable bonds is 1. The Labute approximate surface area is 78.9 Å². The smallest absolute Gasteiger partial charge is 0.121 e. The van der Waals surface area contributed by atoms with Crippen molar-refractivity contribution in [1.82, 2.24) is 0 Å². The van der Waals surface area contributed by atoms with Gasteiger partial charge in [0.25, 0.3) is 0 Å². The fourth-order valence-electron chi connectivity index (χ4n) is 0.749. The van der Waals surface area contributed by atoms with Crippen LogP contribution in [0.5, 0.6) is 0 Å². The van der Waals surface area contributed by atoms with Crippen molar-refractivity contribution in [3.8, 4) is 0 Å². The maximum Gasteiger partial charge on any atom is 0.121 e. The Morgan fingerprint density at radius 2 is 2.25 bits per heavy atom. The van der Waals surface area contributed by atoms with E-state index in [1.54, 1.807) is 18.8 Å². The largest absolute Gasteiger partial charge is 0.279 e. The third-order valence-corrected chi connectivity index (χ3v) is 2.00. The zero-order chi connectivity index (χ0) is 9.40. The Morgan fingerprint density at radius 3 is 2.75 bits per heavy atom. The van der Waals surface area contributed by atoms with Crippen LogP contribution in [0.1, 0.15) is 27.2 Å². The summed E-state index contributed by atoms with van der Waals surface area (Å²) in [4.78, 5) is 8.22. The van der Waals surface area contributed by atoms with Crippen molar-refractivity contribution >= 4 is 22.4 Å². The van der Waals surface area contributed by atoms with E-state index in [9.17, 15) is 0 Å². The Bertz CT molecular complexity index is 205. The molecule has 0 aromatic carbocycles. The van der Waals surface area contributed by atoms with E-state index in [0.29, 0.717) is 0 Å². The van der Waals surface area contributed by atoms with Gasteiger partial charge in [-0.1, -0.05) is 38.6 Å². The lowest BCUT2D eigenvalue weighted by atomic mass is 10.3. The summed E-state index contributed by atoms with van der Waals surface area (Å²) in [5.41, 5.74) is 2.85. The minimum Gasteiger partial charge on any atom is -0.279 e. The Balaban J connectivity index is 0.000000561. The molecular formula is C9H16N2S. The number of allylic oxidation sites excluding steroid dienone is 1. The zero-order valence-electron chi connectivity index (χ0n) is 8.16. The summed E-state index contributed by atoms with van der Waals surface area (Å²) < 4.78 is 0.